The molecule has 1 aliphatic rings. The Kier molecular flexibility index (Phi) is 3.25. The number of rotatable bonds is 3. The molecule has 0 aromatic carbocycles. The quantitative estimate of drug-likeness (QED) is 0.794. The normalized spacial score (nSPS) is 16.1. The van der Waals surface area contributed by atoms with Crippen molar-refractivity contribution in [1.29, 1.82) is 0 Å². The van der Waals surface area contributed by atoms with E-state index in [2.05, 4.69) is 27.5 Å². The second-order valence-corrected chi connectivity index (χ2v) is 5.24. The number of ether oxygens (including phenoxy) is 1. The van der Waals surface area contributed by atoms with Crippen molar-refractivity contribution in [3.8, 4) is 0 Å². The summed E-state index contributed by atoms with van der Waals surface area (Å²) in [5.41, 5.74) is 2.10. The van der Waals surface area contributed by atoms with E-state index in [0.29, 0.717) is 0 Å². The maximum atomic E-state index is 5.38. The number of allylic oxidation sites excluding steroid dienone is 1. The molecule has 0 spiro atoms. The number of hydrogen-bond acceptors (Lipinski definition) is 5. The van der Waals surface area contributed by atoms with Crippen molar-refractivity contribution < 1.29 is 4.74 Å². The first kappa shape index (κ1) is 11.6. The van der Waals surface area contributed by atoms with Crippen LogP contribution in [0.15, 0.2) is 25.0 Å². The van der Waals surface area contributed by atoms with Crippen LogP contribution in [0.3, 0.4) is 0 Å². The largest absolute Gasteiger partial charge is 0.378 e. The third-order valence-corrected chi connectivity index (χ3v) is 4.27. The van der Waals surface area contributed by atoms with Gasteiger partial charge in [-0.05, 0) is 6.07 Å². The van der Waals surface area contributed by atoms with Crippen molar-refractivity contribution in [3.05, 3.63) is 30.7 Å². The fourth-order valence-electron chi connectivity index (χ4n) is 2.11. The lowest BCUT2D eigenvalue weighted by atomic mass is 10.3. The third-order valence-electron chi connectivity index (χ3n) is 3.03. The number of morpholine rings is 1. The maximum absolute atomic E-state index is 5.38. The molecule has 0 atom stereocenters. The molecular formula is C13H15N3OS. The molecule has 18 heavy (non-hydrogen) atoms. The van der Waals surface area contributed by atoms with Gasteiger partial charge >= 0.3 is 0 Å². The average molecular weight is 261 g/mol. The summed E-state index contributed by atoms with van der Waals surface area (Å²) in [6.07, 6.45) is 4.31. The Hall–Kier alpha value is -1.46. The topological polar surface area (TPSA) is 38.2 Å². The van der Waals surface area contributed by atoms with E-state index < -0.39 is 0 Å². The van der Waals surface area contributed by atoms with E-state index in [9.17, 15) is 0 Å². The van der Waals surface area contributed by atoms with Crippen LogP contribution in [-0.2, 0) is 11.2 Å². The Morgan fingerprint density at radius 3 is 3.00 bits per heavy atom. The fraction of sp³-hybridized carbons (Fsp3) is 0.385. The van der Waals surface area contributed by atoms with Crippen molar-refractivity contribution in [1.82, 2.24) is 9.97 Å². The molecule has 0 aliphatic carbocycles. The molecule has 0 unspecified atom stereocenters. The Bertz CT molecular complexity index is 560. The van der Waals surface area contributed by atoms with Gasteiger partial charge in [0.1, 0.15) is 6.33 Å². The molecule has 0 bridgehead atoms. The predicted molar refractivity (Wildman–Crippen MR) is 74.3 cm³/mol. The Labute approximate surface area is 110 Å². The van der Waals surface area contributed by atoms with Gasteiger partial charge in [-0.25, -0.2) is 9.97 Å². The fourth-order valence-corrected chi connectivity index (χ4v) is 3.27. The van der Waals surface area contributed by atoms with Gasteiger partial charge in [0.15, 0.2) is 0 Å². The summed E-state index contributed by atoms with van der Waals surface area (Å²) in [6.45, 7) is 7.30. The SMILES string of the molecule is C=CCc1ncnc2cc(N3CCOCC3)sc12. The van der Waals surface area contributed by atoms with Gasteiger partial charge < -0.3 is 9.64 Å². The first-order valence-electron chi connectivity index (χ1n) is 6.05. The highest BCUT2D eigenvalue weighted by atomic mass is 32.1. The minimum atomic E-state index is 0.794. The van der Waals surface area contributed by atoms with E-state index >= 15 is 0 Å². The zero-order valence-corrected chi connectivity index (χ0v) is 10.9. The van der Waals surface area contributed by atoms with Crippen LogP contribution in [-0.4, -0.2) is 36.3 Å². The van der Waals surface area contributed by atoms with Crippen molar-refractivity contribution in [3.63, 3.8) is 0 Å². The molecule has 0 amide bonds. The molecule has 0 radical (unpaired) electrons. The van der Waals surface area contributed by atoms with Gasteiger partial charge in [-0.1, -0.05) is 6.08 Å². The summed E-state index contributed by atoms with van der Waals surface area (Å²) in [5, 5.41) is 1.26. The smallest absolute Gasteiger partial charge is 0.116 e. The van der Waals surface area contributed by atoms with Crippen molar-refractivity contribution in [2.45, 2.75) is 6.42 Å². The van der Waals surface area contributed by atoms with Crippen LogP contribution in [0.25, 0.3) is 10.2 Å². The lowest BCUT2D eigenvalue weighted by Crippen LogP contribution is -2.35. The van der Waals surface area contributed by atoms with Gasteiger partial charge in [0.25, 0.3) is 0 Å². The summed E-state index contributed by atoms with van der Waals surface area (Å²) < 4.78 is 6.56. The zero-order valence-electron chi connectivity index (χ0n) is 10.1. The third kappa shape index (κ3) is 2.11. The zero-order chi connectivity index (χ0) is 12.4. The van der Waals surface area contributed by atoms with E-state index in [1.54, 1.807) is 17.7 Å². The van der Waals surface area contributed by atoms with E-state index in [1.807, 2.05) is 6.08 Å². The Morgan fingerprint density at radius 1 is 1.39 bits per heavy atom. The summed E-state index contributed by atoms with van der Waals surface area (Å²) in [5.74, 6) is 0. The highest BCUT2D eigenvalue weighted by Gasteiger charge is 2.15. The molecule has 5 heteroatoms. The second-order valence-electron chi connectivity index (χ2n) is 4.21. The first-order valence-corrected chi connectivity index (χ1v) is 6.87. The summed E-state index contributed by atoms with van der Waals surface area (Å²) in [7, 11) is 0. The molecule has 1 aliphatic heterocycles. The van der Waals surface area contributed by atoms with E-state index in [-0.39, 0.29) is 0 Å². The van der Waals surface area contributed by atoms with Gasteiger partial charge in [-0.3, -0.25) is 0 Å². The van der Waals surface area contributed by atoms with E-state index in [1.165, 1.54) is 9.70 Å². The van der Waals surface area contributed by atoms with Crippen LogP contribution in [0.1, 0.15) is 5.69 Å². The predicted octanol–water partition coefficient (Wildman–Crippen LogP) is 2.26. The molecule has 2 aromatic rings. The highest BCUT2D eigenvalue weighted by Crippen LogP contribution is 2.33. The standard InChI is InChI=1S/C13H15N3OS/c1-2-3-10-13-11(15-9-14-10)8-12(18-13)16-4-6-17-7-5-16/h2,8-9H,1,3-7H2. The number of nitrogens with zero attached hydrogens (tertiary/aromatic N) is 3. The van der Waals surface area contributed by atoms with Gasteiger partial charge in [0.2, 0.25) is 0 Å². The average Bonchev–Trinajstić information content (AvgIpc) is 2.85. The number of aromatic nitrogens is 2. The van der Waals surface area contributed by atoms with Crippen LogP contribution >= 0.6 is 11.3 Å². The van der Waals surface area contributed by atoms with Crippen LogP contribution in [0, 0.1) is 0 Å². The van der Waals surface area contributed by atoms with Gasteiger partial charge in [0, 0.05) is 19.5 Å². The Morgan fingerprint density at radius 2 is 2.22 bits per heavy atom. The maximum Gasteiger partial charge on any atom is 0.116 e. The summed E-state index contributed by atoms with van der Waals surface area (Å²) >= 11 is 1.77. The molecule has 0 saturated carbocycles. The van der Waals surface area contributed by atoms with Crippen molar-refractivity contribution in [2.75, 3.05) is 31.2 Å². The molecule has 0 N–H and O–H groups in total. The molecule has 2 aromatic heterocycles. The molecule has 4 nitrogen and oxygen atoms in total. The lowest BCUT2D eigenvalue weighted by Gasteiger charge is -2.27. The van der Waals surface area contributed by atoms with Gasteiger partial charge in [-0.15, -0.1) is 17.9 Å². The van der Waals surface area contributed by atoms with Crippen LogP contribution < -0.4 is 4.90 Å². The van der Waals surface area contributed by atoms with Crippen LogP contribution in [0.4, 0.5) is 5.00 Å². The van der Waals surface area contributed by atoms with E-state index in [4.69, 9.17) is 4.74 Å². The number of thiophene rings is 1. The van der Waals surface area contributed by atoms with Gasteiger partial charge in [-0.2, -0.15) is 0 Å². The molecule has 1 saturated heterocycles. The summed E-state index contributed by atoms with van der Waals surface area (Å²) in [6, 6.07) is 2.15. The van der Waals surface area contributed by atoms with Crippen molar-refractivity contribution in [2.24, 2.45) is 0 Å². The summed E-state index contributed by atoms with van der Waals surface area (Å²) in [4.78, 5) is 11.0. The monoisotopic (exact) mass is 261 g/mol. The number of hydrogen-bond donors (Lipinski definition) is 0. The molecule has 3 rings (SSSR count). The highest BCUT2D eigenvalue weighted by molar-refractivity contribution is 7.22. The minimum Gasteiger partial charge on any atom is -0.378 e. The molecule has 3 heterocycles. The minimum absolute atomic E-state index is 0.794. The molecular weight excluding hydrogens is 246 g/mol. The second kappa shape index (κ2) is 5.04. The Balaban J connectivity index is 1.99. The van der Waals surface area contributed by atoms with E-state index in [0.717, 1.165) is 43.9 Å². The van der Waals surface area contributed by atoms with Crippen LogP contribution in [0.2, 0.25) is 0 Å². The molecule has 1 fully saturated rings. The lowest BCUT2D eigenvalue weighted by molar-refractivity contribution is 0.123. The number of anilines is 1. The van der Waals surface area contributed by atoms with Crippen molar-refractivity contribution >= 4 is 26.6 Å². The number of fused-ring (bicyclic) bond motifs is 1. The van der Waals surface area contributed by atoms with Crippen LogP contribution in [0.5, 0.6) is 0 Å². The molecule has 94 valence electrons. The first-order chi connectivity index (χ1) is 8.88. The van der Waals surface area contributed by atoms with Gasteiger partial charge in [0.05, 0.1) is 34.1 Å².